The van der Waals surface area contributed by atoms with Crippen LogP contribution in [-0.4, -0.2) is 19.9 Å². The SMILES string of the molecule is CN1C(=CC=C2CCCC(=CC=C3N(C)c4ccc5ccccc5c4C3(C)C)C2=O)C(C)(C)c2c1ccc1ccccc21. The molecule has 1 fully saturated rings. The number of likely N-dealkylation sites (N-methyl/N-ethyl adjacent to an activating group) is 2. The highest BCUT2D eigenvalue weighted by Gasteiger charge is 2.41. The summed E-state index contributed by atoms with van der Waals surface area (Å²) in [6, 6.07) is 26.2. The Bertz CT molecular complexity index is 1810. The van der Waals surface area contributed by atoms with Crippen molar-refractivity contribution in [2.45, 2.75) is 57.8 Å². The molecule has 4 aromatic rings. The maximum atomic E-state index is 13.8. The average Bonchev–Trinajstić information content (AvgIpc) is 3.33. The molecule has 3 aliphatic rings. The first kappa shape index (κ1) is 27.5. The summed E-state index contributed by atoms with van der Waals surface area (Å²) < 4.78 is 0. The van der Waals surface area contributed by atoms with Crippen LogP contribution in [0, 0.1) is 0 Å². The Balaban J connectivity index is 1.21. The van der Waals surface area contributed by atoms with Gasteiger partial charge in [-0.3, -0.25) is 4.79 Å². The molecule has 4 aromatic carbocycles. The van der Waals surface area contributed by atoms with Gasteiger partial charge in [0.25, 0.3) is 0 Å². The number of ketones is 1. The standard InChI is InChI=1S/C40H40N2O/c1-39(2)34(41(5)32-22-18-26-12-7-9-16-30(26)36(32)39)24-20-28-14-11-15-29(38(28)43)21-25-35-40(3,4)37-31-17-10-8-13-27(31)19-23-33(37)42(35)6/h7-10,12-13,16-25H,11,14-15H2,1-6H3. The van der Waals surface area contributed by atoms with E-state index in [4.69, 9.17) is 0 Å². The highest BCUT2D eigenvalue weighted by atomic mass is 16.1. The van der Waals surface area contributed by atoms with E-state index in [-0.39, 0.29) is 16.6 Å². The number of allylic oxidation sites excluding steroid dienone is 8. The summed E-state index contributed by atoms with van der Waals surface area (Å²) in [6.45, 7) is 9.20. The molecule has 0 aromatic heterocycles. The zero-order valence-electron chi connectivity index (χ0n) is 26.2. The molecule has 0 saturated heterocycles. The third-order valence-electron chi connectivity index (χ3n) is 10.2. The molecule has 0 radical (unpaired) electrons. The molecular weight excluding hydrogens is 524 g/mol. The number of Topliss-reactive ketones (excluding diaryl/α,β-unsaturated/α-hetero) is 1. The third kappa shape index (κ3) is 4.12. The Kier molecular flexibility index (Phi) is 6.28. The van der Waals surface area contributed by atoms with E-state index >= 15 is 0 Å². The number of fused-ring (bicyclic) bond motifs is 6. The largest absolute Gasteiger partial charge is 0.347 e. The number of carbonyl (C=O) groups excluding carboxylic acids is 1. The highest BCUT2D eigenvalue weighted by Crippen LogP contribution is 2.51. The minimum Gasteiger partial charge on any atom is -0.347 e. The van der Waals surface area contributed by atoms with Crippen molar-refractivity contribution in [2.24, 2.45) is 0 Å². The number of anilines is 2. The molecular formula is C40H40N2O. The van der Waals surface area contributed by atoms with Crippen molar-refractivity contribution >= 4 is 38.7 Å². The zero-order chi connectivity index (χ0) is 30.1. The first-order chi connectivity index (χ1) is 20.6. The lowest BCUT2D eigenvalue weighted by Gasteiger charge is -2.25. The second-order valence-corrected chi connectivity index (χ2v) is 13.4. The molecule has 43 heavy (non-hydrogen) atoms. The molecule has 0 bridgehead atoms. The molecule has 2 aliphatic heterocycles. The fourth-order valence-electron chi connectivity index (χ4n) is 7.97. The van der Waals surface area contributed by atoms with Crippen LogP contribution in [0.3, 0.4) is 0 Å². The summed E-state index contributed by atoms with van der Waals surface area (Å²) in [4.78, 5) is 18.4. The van der Waals surface area contributed by atoms with Gasteiger partial charge in [0.15, 0.2) is 5.78 Å². The fraction of sp³-hybridized carbons (Fsp3) is 0.275. The molecule has 3 heteroatoms. The molecule has 2 heterocycles. The number of benzene rings is 4. The second kappa shape index (κ2) is 9.84. The van der Waals surface area contributed by atoms with Gasteiger partial charge in [-0.2, -0.15) is 0 Å². The van der Waals surface area contributed by atoms with Crippen LogP contribution >= 0.6 is 0 Å². The summed E-state index contributed by atoms with van der Waals surface area (Å²) in [5.41, 5.74) is 9.12. The molecule has 1 aliphatic carbocycles. The van der Waals surface area contributed by atoms with E-state index in [1.54, 1.807) is 0 Å². The molecule has 1 saturated carbocycles. The van der Waals surface area contributed by atoms with Crippen LogP contribution in [-0.2, 0) is 15.6 Å². The molecule has 3 nitrogen and oxygen atoms in total. The molecule has 0 unspecified atom stereocenters. The van der Waals surface area contributed by atoms with Gasteiger partial charge in [0.1, 0.15) is 0 Å². The second-order valence-electron chi connectivity index (χ2n) is 13.4. The maximum absolute atomic E-state index is 13.8. The monoisotopic (exact) mass is 564 g/mol. The van der Waals surface area contributed by atoms with E-state index in [1.807, 2.05) is 0 Å². The van der Waals surface area contributed by atoms with E-state index in [0.29, 0.717) is 0 Å². The van der Waals surface area contributed by atoms with Crippen LogP contribution in [0.1, 0.15) is 58.1 Å². The lowest BCUT2D eigenvalue weighted by atomic mass is 9.80. The number of nitrogens with zero attached hydrogens (tertiary/aromatic N) is 2. The van der Waals surface area contributed by atoms with Crippen molar-refractivity contribution in [3.63, 3.8) is 0 Å². The summed E-state index contributed by atoms with van der Waals surface area (Å²) in [5, 5.41) is 5.13. The molecule has 216 valence electrons. The number of carbonyl (C=O) groups is 1. The number of rotatable bonds is 2. The van der Waals surface area contributed by atoms with E-state index in [1.165, 1.54) is 55.4 Å². The predicted molar refractivity (Wildman–Crippen MR) is 182 cm³/mol. The van der Waals surface area contributed by atoms with Gasteiger partial charge < -0.3 is 9.80 Å². The third-order valence-corrected chi connectivity index (χ3v) is 10.2. The van der Waals surface area contributed by atoms with Crippen LogP contribution in [0.4, 0.5) is 11.4 Å². The fourth-order valence-corrected chi connectivity index (χ4v) is 7.97. The molecule has 7 rings (SSSR count). The quantitative estimate of drug-likeness (QED) is 0.227. The first-order valence-corrected chi connectivity index (χ1v) is 15.5. The van der Waals surface area contributed by atoms with Gasteiger partial charge in [0.05, 0.1) is 0 Å². The maximum Gasteiger partial charge on any atom is 0.184 e. The van der Waals surface area contributed by atoms with Crippen molar-refractivity contribution in [1.29, 1.82) is 0 Å². The summed E-state index contributed by atoms with van der Waals surface area (Å²) in [7, 11) is 4.29. The lowest BCUT2D eigenvalue weighted by Crippen LogP contribution is -2.23. The predicted octanol–water partition coefficient (Wildman–Crippen LogP) is 9.52. The van der Waals surface area contributed by atoms with Crippen molar-refractivity contribution in [1.82, 2.24) is 0 Å². The van der Waals surface area contributed by atoms with Crippen LogP contribution in [0.5, 0.6) is 0 Å². The van der Waals surface area contributed by atoms with Gasteiger partial charge >= 0.3 is 0 Å². The Morgan fingerprint density at radius 3 is 1.44 bits per heavy atom. The van der Waals surface area contributed by atoms with Gasteiger partial charge in [0, 0.05) is 47.7 Å². The molecule has 0 atom stereocenters. The van der Waals surface area contributed by atoms with Crippen molar-refractivity contribution < 1.29 is 4.79 Å². The van der Waals surface area contributed by atoms with Crippen molar-refractivity contribution in [2.75, 3.05) is 23.9 Å². The normalized spacial score (nSPS) is 22.9. The smallest absolute Gasteiger partial charge is 0.184 e. The van der Waals surface area contributed by atoms with Gasteiger partial charge in [-0.1, -0.05) is 101 Å². The zero-order valence-corrected chi connectivity index (χ0v) is 26.2. The topological polar surface area (TPSA) is 23.6 Å². The van der Waals surface area contributed by atoms with E-state index in [0.717, 1.165) is 30.4 Å². The summed E-state index contributed by atoms with van der Waals surface area (Å²) in [5.74, 6) is 0.183. The molecule has 0 N–H and O–H groups in total. The first-order valence-electron chi connectivity index (χ1n) is 15.5. The van der Waals surface area contributed by atoms with Gasteiger partial charge in [0.2, 0.25) is 0 Å². The van der Waals surface area contributed by atoms with E-state index in [9.17, 15) is 4.79 Å². The van der Waals surface area contributed by atoms with Crippen LogP contribution in [0.15, 0.2) is 120 Å². The van der Waals surface area contributed by atoms with Gasteiger partial charge in [-0.15, -0.1) is 0 Å². The van der Waals surface area contributed by atoms with Gasteiger partial charge in [-0.05, 0) is 87.4 Å². The summed E-state index contributed by atoms with van der Waals surface area (Å²) in [6.07, 6.45) is 11.2. The van der Waals surface area contributed by atoms with Crippen LogP contribution < -0.4 is 9.80 Å². The Hall–Kier alpha value is -4.37. The number of hydrogen-bond donors (Lipinski definition) is 0. The Labute approximate surface area is 255 Å². The van der Waals surface area contributed by atoms with E-state index in [2.05, 4.69) is 149 Å². The van der Waals surface area contributed by atoms with Crippen LogP contribution in [0.25, 0.3) is 21.5 Å². The van der Waals surface area contributed by atoms with Gasteiger partial charge in [-0.25, -0.2) is 0 Å². The van der Waals surface area contributed by atoms with Crippen LogP contribution in [0.2, 0.25) is 0 Å². The Morgan fingerprint density at radius 1 is 0.581 bits per heavy atom. The average molecular weight is 565 g/mol. The minimum atomic E-state index is -0.166. The number of hydrogen-bond acceptors (Lipinski definition) is 3. The summed E-state index contributed by atoms with van der Waals surface area (Å²) >= 11 is 0. The molecule has 0 amide bonds. The Morgan fingerprint density at radius 2 is 1.00 bits per heavy atom. The molecule has 0 spiro atoms. The van der Waals surface area contributed by atoms with Crippen molar-refractivity contribution in [3.05, 3.63) is 131 Å². The lowest BCUT2D eigenvalue weighted by molar-refractivity contribution is -0.113. The van der Waals surface area contributed by atoms with E-state index < -0.39 is 0 Å². The van der Waals surface area contributed by atoms with Crippen molar-refractivity contribution in [3.8, 4) is 0 Å². The minimum absolute atomic E-state index is 0.166. The highest BCUT2D eigenvalue weighted by molar-refractivity contribution is 6.09.